The SMILES string of the molecule is C[C@@H](NC(=O)CSc1nnc(COc2ccc(Cl)cc2)n1N)c1ccc(Br)cc1. The average molecular weight is 497 g/mol. The van der Waals surface area contributed by atoms with Gasteiger partial charge in [-0.15, -0.1) is 10.2 Å². The Balaban J connectivity index is 1.49. The molecule has 0 saturated carbocycles. The standard InChI is InChI=1S/C19H19BrClN5O2S/c1-12(13-2-4-14(20)5-3-13)23-18(27)11-29-19-25-24-17(26(19)22)10-28-16-8-6-15(21)7-9-16/h2-9,12H,10-11,22H2,1H3,(H,23,27)/t12-/m1/s1. The van der Waals surface area contributed by atoms with Crippen LogP contribution in [0.25, 0.3) is 0 Å². The van der Waals surface area contributed by atoms with Crippen molar-refractivity contribution in [3.63, 3.8) is 0 Å². The molecule has 0 fully saturated rings. The van der Waals surface area contributed by atoms with Crippen LogP contribution in [0.2, 0.25) is 5.02 Å². The number of aromatic nitrogens is 3. The minimum Gasteiger partial charge on any atom is -0.486 e. The first-order valence-corrected chi connectivity index (χ1v) is 10.8. The zero-order valence-electron chi connectivity index (χ0n) is 15.5. The molecule has 3 N–H and O–H groups in total. The maximum absolute atomic E-state index is 12.2. The Kier molecular flexibility index (Phi) is 7.40. The van der Waals surface area contributed by atoms with Gasteiger partial charge >= 0.3 is 0 Å². The summed E-state index contributed by atoms with van der Waals surface area (Å²) in [4.78, 5) is 12.2. The number of amides is 1. The van der Waals surface area contributed by atoms with Crippen LogP contribution in [0.4, 0.5) is 0 Å². The molecule has 0 aliphatic heterocycles. The summed E-state index contributed by atoms with van der Waals surface area (Å²) in [6.07, 6.45) is 0. The normalized spacial score (nSPS) is 11.8. The topological polar surface area (TPSA) is 95.1 Å². The Hall–Kier alpha value is -2.23. The molecule has 0 aliphatic rings. The summed E-state index contributed by atoms with van der Waals surface area (Å²) in [6.45, 7) is 2.09. The van der Waals surface area contributed by atoms with Crippen LogP contribution in [0.1, 0.15) is 24.4 Å². The van der Waals surface area contributed by atoms with Gasteiger partial charge in [0.15, 0.2) is 5.82 Å². The fraction of sp³-hybridized carbons (Fsp3) is 0.211. The van der Waals surface area contributed by atoms with Gasteiger partial charge in [0.05, 0.1) is 11.8 Å². The van der Waals surface area contributed by atoms with Crippen molar-refractivity contribution in [1.82, 2.24) is 20.2 Å². The summed E-state index contributed by atoms with van der Waals surface area (Å²) < 4.78 is 7.94. The van der Waals surface area contributed by atoms with Crippen LogP contribution in [0.5, 0.6) is 5.75 Å². The molecule has 1 amide bonds. The fourth-order valence-corrected chi connectivity index (χ4v) is 3.51. The summed E-state index contributed by atoms with van der Waals surface area (Å²) in [5, 5.41) is 12.1. The first-order valence-electron chi connectivity index (χ1n) is 8.67. The predicted molar refractivity (Wildman–Crippen MR) is 117 cm³/mol. The molecule has 0 bridgehead atoms. The van der Waals surface area contributed by atoms with E-state index < -0.39 is 0 Å². The van der Waals surface area contributed by atoms with Crippen molar-refractivity contribution in [3.05, 3.63) is 69.4 Å². The number of ether oxygens (including phenoxy) is 1. The van der Waals surface area contributed by atoms with Crippen LogP contribution in [-0.2, 0) is 11.4 Å². The van der Waals surface area contributed by atoms with E-state index in [0.29, 0.717) is 21.8 Å². The Morgan fingerprint density at radius 3 is 2.62 bits per heavy atom. The molecule has 3 rings (SSSR count). The number of carbonyl (C=O) groups is 1. The third-order valence-corrected chi connectivity index (χ3v) is 5.72. The van der Waals surface area contributed by atoms with E-state index in [9.17, 15) is 4.79 Å². The van der Waals surface area contributed by atoms with Crippen molar-refractivity contribution in [2.75, 3.05) is 11.6 Å². The lowest BCUT2D eigenvalue weighted by Gasteiger charge is -2.14. The molecular weight excluding hydrogens is 478 g/mol. The van der Waals surface area contributed by atoms with Crippen LogP contribution < -0.4 is 15.9 Å². The number of benzene rings is 2. The van der Waals surface area contributed by atoms with Crippen LogP contribution in [-0.4, -0.2) is 26.5 Å². The lowest BCUT2D eigenvalue weighted by Crippen LogP contribution is -2.28. The summed E-state index contributed by atoms with van der Waals surface area (Å²) in [7, 11) is 0. The average Bonchev–Trinajstić information content (AvgIpc) is 3.06. The second-order valence-corrected chi connectivity index (χ2v) is 8.44. The number of thioether (sulfide) groups is 1. The number of hydrogen-bond acceptors (Lipinski definition) is 6. The van der Waals surface area contributed by atoms with Gasteiger partial charge in [0, 0.05) is 9.50 Å². The number of carbonyl (C=O) groups excluding carboxylic acids is 1. The highest BCUT2D eigenvalue weighted by Gasteiger charge is 2.14. The van der Waals surface area contributed by atoms with Crippen molar-refractivity contribution in [2.45, 2.75) is 24.7 Å². The highest BCUT2D eigenvalue weighted by Crippen LogP contribution is 2.19. The number of halogens is 2. The molecule has 1 atom stereocenters. The summed E-state index contributed by atoms with van der Waals surface area (Å²) in [5.41, 5.74) is 1.02. The molecule has 2 aromatic carbocycles. The smallest absolute Gasteiger partial charge is 0.230 e. The van der Waals surface area contributed by atoms with Crippen molar-refractivity contribution in [1.29, 1.82) is 0 Å². The molecule has 10 heteroatoms. The second kappa shape index (κ2) is 10.00. The molecular formula is C19H19BrClN5O2S. The fourth-order valence-electron chi connectivity index (χ4n) is 2.43. The predicted octanol–water partition coefficient (Wildman–Crippen LogP) is 3.96. The zero-order chi connectivity index (χ0) is 20.8. The monoisotopic (exact) mass is 495 g/mol. The van der Waals surface area contributed by atoms with E-state index in [1.807, 2.05) is 31.2 Å². The molecule has 0 saturated heterocycles. The van der Waals surface area contributed by atoms with Gasteiger partial charge in [0.1, 0.15) is 12.4 Å². The minimum atomic E-state index is -0.118. The van der Waals surface area contributed by atoms with E-state index in [-0.39, 0.29) is 24.3 Å². The lowest BCUT2D eigenvalue weighted by molar-refractivity contribution is -0.119. The first-order chi connectivity index (χ1) is 13.9. The summed E-state index contributed by atoms with van der Waals surface area (Å²) >= 11 is 10.5. The Morgan fingerprint density at radius 1 is 1.24 bits per heavy atom. The molecule has 7 nitrogen and oxygen atoms in total. The van der Waals surface area contributed by atoms with Crippen molar-refractivity contribution in [2.24, 2.45) is 0 Å². The molecule has 0 spiro atoms. The number of rotatable bonds is 8. The van der Waals surface area contributed by atoms with Gasteiger partial charge in [-0.2, -0.15) is 0 Å². The van der Waals surface area contributed by atoms with E-state index >= 15 is 0 Å². The third-order valence-electron chi connectivity index (χ3n) is 4.00. The van der Waals surface area contributed by atoms with Crippen molar-refractivity contribution in [3.8, 4) is 5.75 Å². The second-order valence-electron chi connectivity index (χ2n) is 6.14. The number of nitrogens with two attached hydrogens (primary N) is 1. The molecule has 1 heterocycles. The van der Waals surface area contributed by atoms with Gasteiger partial charge in [-0.3, -0.25) is 4.79 Å². The number of nitrogens with one attached hydrogen (secondary N) is 1. The maximum Gasteiger partial charge on any atom is 0.230 e. The van der Waals surface area contributed by atoms with E-state index in [2.05, 4.69) is 31.4 Å². The molecule has 0 aliphatic carbocycles. The van der Waals surface area contributed by atoms with Gasteiger partial charge in [0.25, 0.3) is 0 Å². The number of nitrogen functional groups attached to an aromatic ring is 1. The molecule has 3 aromatic rings. The molecule has 152 valence electrons. The minimum absolute atomic E-state index is 0.102. The molecule has 1 aromatic heterocycles. The van der Waals surface area contributed by atoms with Crippen LogP contribution in [0.15, 0.2) is 58.2 Å². The quantitative estimate of drug-likeness (QED) is 0.362. The maximum atomic E-state index is 12.2. The Bertz CT molecular complexity index is 966. The highest BCUT2D eigenvalue weighted by molar-refractivity contribution is 9.10. The van der Waals surface area contributed by atoms with Gasteiger partial charge in [0.2, 0.25) is 11.1 Å². The van der Waals surface area contributed by atoms with Crippen LogP contribution >= 0.6 is 39.3 Å². The van der Waals surface area contributed by atoms with Gasteiger partial charge in [-0.05, 0) is 48.9 Å². The van der Waals surface area contributed by atoms with Crippen molar-refractivity contribution >= 4 is 45.2 Å². The summed E-state index contributed by atoms with van der Waals surface area (Å²) in [5.74, 6) is 7.17. The van der Waals surface area contributed by atoms with Crippen LogP contribution in [0.3, 0.4) is 0 Å². The van der Waals surface area contributed by atoms with Crippen LogP contribution in [0, 0.1) is 0 Å². The molecule has 29 heavy (non-hydrogen) atoms. The Labute approximate surface area is 186 Å². The van der Waals surface area contributed by atoms with Gasteiger partial charge < -0.3 is 15.9 Å². The first kappa shape index (κ1) is 21.5. The van der Waals surface area contributed by atoms with Gasteiger partial charge in [-0.25, -0.2) is 4.68 Å². The zero-order valence-corrected chi connectivity index (χ0v) is 18.7. The van der Waals surface area contributed by atoms with Crippen molar-refractivity contribution < 1.29 is 9.53 Å². The number of nitrogens with zero attached hydrogens (tertiary/aromatic N) is 3. The largest absolute Gasteiger partial charge is 0.486 e. The third kappa shape index (κ3) is 6.12. The lowest BCUT2D eigenvalue weighted by atomic mass is 10.1. The Morgan fingerprint density at radius 2 is 1.93 bits per heavy atom. The van der Waals surface area contributed by atoms with E-state index in [1.165, 1.54) is 16.4 Å². The van der Waals surface area contributed by atoms with Gasteiger partial charge in [-0.1, -0.05) is 51.4 Å². The van der Waals surface area contributed by atoms with E-state index in [1.54, 1.807) is 24.3 Å². The highest BCUT2D eigenvalue weighted by atomic mass is 79.9. The van der Waals surface area contributed by atoms with E-state index in [0.717, 1.165) is 10.0 Å². The molecule has 0 unspecified atom stereocenters. The molecule has 0 radical (unpaired) electrons. The number of hydrogen-bond donors (Lipinski definition) is 2. The summed E-state index contributed by atoms with van der Waals surface area (Å²) in [6, 6.07) is 14.7. The van der Waals surface area contributed by atoms with E-state index in [4.69, 9.17) is 22.2 Å².